The van der Waals surface area contributed by atoms with Crippen molar-refractivity contribution in [1.82, 2.24) is 9.55 Å². The van der Waals surface area contributed by atoms with Crippen molar-refractivity contribution in [3.8, 4) is 27.9 Å². The average Bonchev–Trinajstić information content (AvgIpc) is 3.66. The number of imidazole rings is 1. The van der Waals surface area contributed by atoms with Crippen LogP contribution in [-0.4, -0.2) is 33.1 Å². The van der Waals surface area contributed by atoms with E-state index in [0.717, 1.165) is 49.8 Å². The van der Waals surface area contributed by atoms with Crippen LogP contribution >= 0.6 is 0 Å². The lowest BCUT2D eigenvalue weighted by atomic mass is 9.42. The molecule has 7 aromatic carbocycles. The fraction of sp³-hybridized carbons (Fsp3) is 0.0250. The molecule has 0 atom stereocenters. The van der Waals surface area contributed by atoms with E-state index in [1.807, 2.05) is 41.0 Å². The topological polar surface area (TPSA) is 31.0 Å². The van der Waals surface area contributed by atoms with Crippen LogP contribution in [-0.2, 0) is 5.11 Å². The zero-order valence-electron chi connectivity index (χ0n) is 24.8. The van der Waals surface area contributed by atoms with Crippen molar-refractivity contribution in [2.45, 2.75) is 5.11 Å². The standard InChI is InChI=1S/C40H23B3N2O/c41-40(42,43)39-44-33-14-6-7-15-34(33)45(39)26-20-17-24(18-21-26)37-28-10-1-3-12-30(28)38(31-13-4-2-11-29(31)37)25-19-22-36-32(23-25)27-9-5-8-16-35(27)46-36/h1-23H. The molecular weight excluding hydrogens is 557 g/mol. The molecule has 2 heterocycles. The molecule has 46 heavy (non-hydrogen) atoms. The largest absolute Gasteiger partial charge is 0.456 e. The van der Waals surface area contributed by atoms with Gasteiger partial charge in [0.15, 0.2) is 0 Å². The molecule has 0 aliphatic carbocycles. The second-order valence-corrected chi connectivity index (χ2v) is 11.9. The van der Waals surface area contributed by atoms with Crippen molar-refractivity contribution in [2.24, 2.45) is 0 Å². The van der Waals surface area contributed by atoms with Gasteiger partial charge in [-0.25, -0.2) is 4.98 Å². The number of rotatable bonds is 4. The van der Waals surface area contributed by atoms with Crippen LogP contribution in [0.25, 0.3) is 82.5 Å². The SMILES string of the molecule is [B]C([B])([B])c1nc2ccccc2n1-c1ccc(-c2c3ccccc3c(-c3ccc4oc5ccccc5c4c3)c3ccccc23)cc1. The molecule has 9 rings (SSSR count). The number of nitrogens with zero attached hydrogens (tertiary/aromatic N) is 2. The summed E-state index contributed by atoms with van der Waals surface area (Å²) in [7, 11) is 18.6. The molecule has 0 amide bonds. The highest BCUT2D eigenvalue weighted by atomic mass is 16.3. The van der Waals surface area contributed by atoms with Crippen LogP contribution in [0.15, 0.2) is 144 Å². The van der Waals surface area contributed by atoms with E-state index in [4.69, 9.17) is 28.0 Å². The van der Waals surface area contributed by atoms with Gasteiger partial charge in [0, 0.05) is 16.5 Å². The van der Waals surface area contributed by atoms with Crippen molar-refractivity contribution < 1.29 is 4.42 Å². The van der Waals surface area contributed by atoms with Gasteiger partial charge in [-0.3, -0.25) is 4.57 Å². The van der Waals surface area contributed by atoms with Gasteiger partial charge in [0.1, 0.15) is 11.2 Å². The molecule has 0 aliphatic rings. The molecule has 6 radical (unpaired) electrons. The van der Waals surface area contributed by atoms with Crippen LogP contribution in [0.5, 0.6) is 0 Å². The highest BCUT2D eigenvalue weighted by Crippen LogP contribution is 2.45. The first-order chi connectivity index (χ1) is 22.5. The second kappa shape index (κ2) is 10.0. The highest BCUT2D eigenvalue weighted by Gasteiger charge is 2.23. The molecule has 0 N–H and O–H groups in total. The molecule has 0 fully saturated rings. The summed E-state index contributed by atoms with van der Waals surface area (Å²) < 4.78 is 8.09. The molecule has 2 aromatic heterocycles. The quantitative estimate of drug-likeness (QED) is 0.154. The number of benzene rings is 7. The van der Waals surface area contributed by atoms with E-state index in [-0.39, 0.29) is 0 Å². The summed E-state index contributed by atoms with van der Waals surface area (Å²) in [6.45, 7) is 0. The average molecular weight is 580 g/mol. The Bertz CT molecular complexity index is 2570. The fourth-order valence-electron chi connectivity index (χ4n) is 6.99. The minimum atomic E-state index is -1.61. The smallest absolute Gasteiger partial charge is 0.135 e. The predicted molar refractivity (Wildman–Crippen MR) is 193 cm³/mol. The van der Waals surface area contributed by atoms with Crippen molar-refractivity contribution >= 4 is 78.1 Å². The first kappa shape index (κ1) is 26.9. The van der Waals surface area contributed by atoms with Gasteiger partial charge in [-0.2, -0.15) is 0 Å². The maximum Gasteiger partial charge on any atom is 0.135 e. The van der Waals surface area contributed by atoms with Crippen molar-refractivity contribution in [3.05, 3.63) is 145 Å². The third kappa shape index (κ3) is 4.06. The predicted octanol–water partition coefficient (Wildman–Crippen LogP) is 9.18. The first-order valence-electron chi connectivity index (χ1n) is 15.3. The maximum atomic E-state index is 6.19. The normalized spacial score (nSPS) is 12.2. The number of fused-ring (bicyclic) bond motifs is 6. The minimum absolute atomic E-state index is 0.393. The lowest BCUT2D eigenvalue weighted by molar-refractivity contribution is 0.669. The molecule has 6 heteroatoms. The Hall–Kier alpha value is -5.48. The lowest BCUT2D eigenvalue weighted by Gasteiger charge is -2.22. The van der Waals surface area contributed by atoms with E-state index in [0.29, 0.717) is 5.82 Å². The molecule has 0 unspecified atom stereocenters. The lowest BCUT2D eigenvalue weighted by Crippen LogP contribution is -2.31. The van der Waals surface area contributed by atoms with Crippen LogP contribution in [0.1, 0.15) is 5.82 Å². The van der Waals surface area contributed by atoms with Crippen molar-refractivity contribution in [3.63, 3.8) is 0 Å². The summed E-state index contributed by atoms with van der Waals surface area (Å²) in [4.78, 5) is 4.68. The second-order valence-electron chi connectivity index (χ2n) is 11.9. The van der Waals surface area contributed by atoms with Crippen molar-refractivity contribution in [2.75, 3.05) is 0 Å². The summed E-state index contributed by atoms with van der Waals surface area (Å²) in [5, 5.41) is 5.37. The molecule has 0 saturated carbocycles. The Labute approximate surface area is 269 Å². The zero-order valence-corrected chi connectivity index (χ0v) is 24.8. The van der Waals surface area contributed by atoms with Crippen LogP contribution in [0.2, 0.25) is 0 Å². The minimum Gasteiger partial charge on any atom is -0.456 e. The van der Waals surface area contributed by atoms with Gasteiger partial charge in [-0.1, -0.05) is 102 Å². The van der Waals surface area contributed by atoms with E-state index >= 15 is 0 Å². The fourth-order valence-corrected chi connectivity index (χ4v) is 6.99. The van der Waals surface area contributed by atoms with E-state index in [1.54, 1.807) is 0 Å². The Balaban J connectivity index is 1.27. The number of hydrogen-bond acceptors (Lipinski definition) is 2. The van der Waals surface area contributed by atoms with Gasteiger partial charge < -0.3 is 4.42 Å². The van der Waals surface area contributed by atoms with Crippen LogP contribution in [0.4, 0.5) is 0 Å². The van der Waals surface area contributed by atoms with E-state index in [1.165, 1.54) is 32.7 Å². The summed E-state index contributed by atoms with van der Waals surface area (Å²) in [5.41, 5.74) is 8.97. The van der Waals surface area contributed by atoms with Gasteiger partial charge >= 0.3 is 0 Å². The third-order valence-corrected chi connectivity index (χ3v) is 8.96. The Morgan fingerprint density at radius 1 is 0.500 bits per heavy atom. The Morgan fingerprint density at radius 3 is 1.67 bits per heavy atom. The van der Waals surface area contributed by atoms with Gasteiger partial charge in [0.05, 0.1) is 40.4 Å². The van der Waals surface area contributed by atoms with Crippen LogP contribution < -0.4 is 0 Å². The first-order valence-corrected chi connectivity index (χ1v) is 15.3. The van der Waals surface area contributed by atoms with Crippen molar-refractivity contribution in [1.29, 1.82) is 0 Å². The third-order valence-electron chi connectivity index (χ3n) is 8.96. The summed E-state index contributed by atoms with van der Waals surface area (Å²) in [6.07, 6.45) is 0. The Morgan fingerprint density at radius 2 is 1.02 bits per heavy atom. The molecular formula is C40H23B3N2O. The molecule has 208 valence electrons. The molecule has 0 bridgehead atoms. The molecule has 9 aromatic rings. The van der Waals surface area contributed by atoms with Gasteiger partial charge in [-0.15, -0.1) is 0 Å². The highest BCUT2D eigenvalue weighted by molar-refractivity contribution is 6.58. The van der Waals surface area contributed by atoms with E-state index < -0.39 is 5.11 Å². The zero-order chi connectivity index (χ0) is 31.0. The molecule has 0 aliphatic heterocycles. The number of hydrogen-bond donors (Lipinski definition) is 0. The maximum absolute atomic E-state index is 6.19. The number of aromatic nitrogens is 2. The summed E-state index contributed by atoms with van der Waals surface area (Å²) in [6, 6.07) is 48.4. The number of para-hydroxylation sites is 3. The van der Waals surface area contributed by atoms with Crippen LogP contribution in [0.3, 0.4) is 0 Å². The number of furan rings is 1. The van der Waals surface area contributed by atoms with Gasteiger partial charge in [-0.05, 0) is 86.3 Å². The summed E-state index contributed by atoms with van der Waals surface area (Å²) in [5.74, 6) is 0.393. The van der Waals surface area contributed by atoms with Gasteiger partial charge in [0.2, 0.25) is 0 Å². The van der Waals surface area contributed by atoms with Gasteiger partial charge in [0.25, 0.3) is 0 Å². The van der Waals surface area contributed by atoms with E-state index in [9.17, 15) is 0 Å². The van der Waals surface area contributed by atoms with E-state index in [2.05, 4.69) is 108 Å². The molecule has 0 saturated heterocycles. The van der Waals surface area contributed by atoms with Crippen LogP contribution in [0, 0.1) is 0 Å². The monoisotopic (exact) mass is 580 g/mol. The molecule has 3 nitrogen and oxygen atoms in total. The molecule has 0 spiro atoms. The summed E-state index contributed by atoms with van der Waals surface area (Å²) >= 11 is 0. The Kier molecular flexibility index (Phi) is 5.85.